The van der Waals surface area contributed by atoms with Gasteiger partial charge in [0, 0.05) is 6.92 Å². The van der Waals surface area contributed by atoms with Gasteiger partial charge in [-0.3, -0.25) is 4.79 Å². The van der Waals surface area contributed by atoms with E-state index in [0.717, 1.165) is 6.92 Å². The summed E-state index contributed by atoms with van der Waals surface area (Å²) in [4.78, 5) is 10.1. The molecule has 0 aromatic carbocycles. The zero-order valence-electron chi connectivity index (χ0n) is 5.30. The number of hydrogen-bond donors (Lipinski definition) is 0. The summed E-state index contributed by atoms with van der Waals surface area (Å²) in [7, 11) is 0. The molecular formula is C5H5FN2O2. The van der Waals surface area contributed by atoms with Crippen LogP contribution in [0, 0.1) is 11.3 Å². The highest BCUT2D eigenvalue weighted by Gasteiger charge is 1.99. The molecule has 0 amide bonds. The van der Waals surface area contributed by atoms with Crippen molar-refractivity contribution in [2.75, 3.05) is 6.61 Å². The first kappa shape index (κ1) is 8.56. The average molecular weight is 144 g/mol. The van der Waals surface area contributed by atoms with Gasteiger partial charge in [-0.05, 0) is 0 Å². The fraction of sp³-hybridized carbons (Fsp3) is 0.400. The second-order valence-corrected chi connectivity index (χ2v) is 1.42. The minimum atomic E-state index is -0.573. The molecule has 0 atom stereocenters. The van der Waals surface area contributed by atoms with Crippen molar-refractivity contribution in [3.8, 4) is 6.07 Å². The second kappa shape index (κ2) is 4.44. The molecule has 0 aromatic heterocycles. The maximum absolute atomic E-state index is 11.3. The molecule has 4 nitrogen and oxygen atoms in total. The van der Waals surface area contributed by atoms with Gasteiger partial charge >= 0.3 is 5.97 Å². The van der Waals surface area contributed by atoms with Gasteiger partial charge in [0.1, 0.15) is 12.7 Å². The first-order valence-electron chi connectivity index (χ1n) is 2.42. The molecule has 0 heterocycles. The van der Waals surface area contributed by atoms with Gasteiger partial charge in [-0.1, -0.05) is 9.70 Å². The Kier molecular flexibility index (Phi) is 3.80. The summed E-state index contributed by atoms with van der Waals surface area (Å²) in [6.45, 7) is 0.759. The van der Waals surface area contributed by atoms with Crippen LogP contribution in [0.2, 0.25) is 0 Å². The Labute approximate surface area is 56.9 Å². The van der Waals surface area contributed by atoms with Crippen LogP contribution in [-0.4, -0.2) is 18.3 Å². The van der Waals surface area contributed by atoms with E-state index in [4.69, 9.17) is 5.26 Å². The molecule has 54 valence electrons. The summed E-state index contributed by atoms with van der Waals surface area (Å²) in [5, 5.41) is 10.1. The first-order chi connectivity index (χ1) is 4.70. The highest BCUT2D eigenvalue weighted by atomic mass is 19.2. The van der Waals surface area contributed by atoms with Gasteiger partial charge in [0.25, 0.3) is 0 Å². The first-order valence-corrected chi connectivity index (χ1v) is 2.42. The zero-order valence-corrected chi connectivity index (χ0v) is 5.30. The van der Waals surface area contributed by atoms with Crippen molar-refractivity contribution in [1.82, 2.24) is 0 Å². The average Bonchev–Trinajstić information content (AvgIpc) is 1.90. The summed E-state index contributed by atoms with van der Waals surface area (Å²) >= 11 is 0. The van der Waals surface area contributed by atoms with Gasteiger partial charge in [0.15, 0.2) is 5.71 Å². The fourth-order valence-electron chi connectivity index (χ4n) is 0.246. The van der Waals surface area contributed by atoms with E-state index in [1.165, 1.54) is 6.07 Å². The quantitative estimate of drug-likeness (QED) is 0.416. The molecule has 0 aliphatic rings. The van der Waals surface area contributed by atoms with E-state index in [-0.39, 0.29) is 0 Å². The van der Waals surface area contributed by atoms with Crippen molar-refractivity contribution in [1.29, 1.82) is 5.26 Å². The van der Waals surface area contributed by atoms with Crippen LogP contribution in [0.1, 0.15) is 6.92 Å². The predicted molar refractivity (Wildman–Crippen MR) is 30.8 cm³/mol. The van der Waals surface area contributed by atoms with Gasteiger partial charge < -0.3 is 4.74 Å². The van der Waals surface area contributed by atoms with Crippen molar-refractivity contribution in [2.45, 2.75) is 6.92 Å². The zero-order chi connectivity index (χ0) is 7.98. The molecule has 0 radical (unpaired) electrons. The Bertz CT molecular complexity index is 194. The topological polar surface area (TPSA) is 62.5 Å². The van der Waals surface area contributed by atoms with Gasteiger partial charge in [0.05, 0.1) is 0 Å². The van der Waals surface area contributed by atoms with E-state index in [1.54, 1.807) is 0 Å². The number of nitriles is 1. The summed E-state index contributed by atoms with van der Waals surface area (Å²) in [5.74, 6) is -0.573. The summed E-state index contributed by atoms with van der Waals surface area (Å²) < 4.78 is 15.5. The van der Waals surface area contributed by atoms with Crippen LogP contribution in [0.15, 0.2) is 5.21 Å². The van der Waals surface area contributed by atoms with Crippen LogP contribution in [-0.2, 0) is 9.53 Å². The maximum atomic E-state index is 11.3. The lowest BCUT2D eigenvalue weighted by molar-refractivity contribution is -0.139. The molecule has 0 fully saturated rings. The van der Waals surface area contributed by atoms with E-state index in [2.05, 4.69) is 9.95 Å². The van der Waals surface area contributed by atoms with Crippen LogP contribution >= 0.6 is 0 Å². The van der Waals surface area contributed by atoms with Crippen molar-refractivity contribution in [3.63, 3.8) is 0 Å². The van der Waals surface area contributed by atoms with Crippen molar-refractivity contribution in [2.24, 2.45) is 5.21 Å². The number of ether oxygens (including phenoxy) is 1. The number of esters is 1. The Morgan fingerprint density at radius 2 is 2.50 bits per heavy atom. The molecule has 0 rings (SSSR count). The van der Waals surface area contributed by atoms with Gasteiger partial charge in [-0.25, -0.2) is 0 Å². The predicted octanol–water partition coefficient (Wildman–Crippen LogP) is 0.399. The number of carbonyl (C=O) groups is 1. The molecule has 0 N–H and O–H groups in total. The number of halogens is 1. The molecule has 0 saturated carbocycles. The van der Waals surface area contributed by atoms with E-state index < -0.39 is 18.3 Å². The molecule has 0 unspecified atom stereocenters. The molecule has 0 aliphatic heterocycles. The normalized spacial score (nSPS) is 10.3. The van der Waals surface area contributed by atoms with Gasteiger partial charge in [-0.2, -0.15) is 5.26 Å². The minimum absolute atomic E-state index is 0.400. The molecule has 0 bridgehead atoms. The number of carbonyl (C=O) groups excluding carboxylic acids is 1. The Morgan fingerprint density at radius 3 is 2.80 bits per heavy atom. The van der Waals surface area contributed by atoms with Crippen LogP contribution in [0.4, 0.5) is 4.48 Å². The third kappa shape index (κ3) is 3.55. The third-order valence-corrected chi connectivity index (χ3v) is 0.643. The monoisotopic (exact) mass is 144 g/mol. The van der Waals surface area contributed by atoms with Crippen LogP contribution in [0.25, 0.3) is 0 Å². The third-order valence-electron chi connectivity index (χ3n) is 0.643. The van der Waals surface area contributed by atoms with Crippen LogP contribution < -0.4 is 0 Å². The lowest BCUT2D eigenvalue weighted by Crippen LogP contribution is -2.08. The van der Waals surface area contributed by atoms with E-state index >= 15 is 0 Å². The van der Waals surface area contributed by atoms with Crippen LogP contribution in [0.3, 0.4) is 0 Å². The largest absolute Gasteiger partial charge is 0.458 e. The maximum Gasteiger partial charge on any atom is 0.303 e. The molecule has 10 heavy (non-hydrogen) atoms. The minimum Gasteiger partial charge on any atom is -0.458 e. The van der Waals surface area contributed by atoms with E-state index in [0.29, 0.717) is 0 Å². The summed E-state index contributed by atoms with van der Waals surface area (Å²) in [6.07, 6.45) is 0. The second-order valence-electron chi connectivity index (χ2n) is 1.42. The fourth-order valence-corrected chi connectivity index (χ4v) is 0.246. The molecular weight excluding hydrogens is 139 g/mol. The van der Waals surface area contributed by atoms with Gasteiger partial charge in [0.2, 0.25) is 0 Å². The Hall–Kier alpha value is -1.44. The lowest BCUT2D eigenvalue weighted by Gasteiger charge is -1.94. The Morgan fingerprint density at radius 1 is 1.90 bits per heavy atom. The molecule has 0 spiro atoms. The number of rotatable bonds is 2. The number of nitrogens with zero attached hydrogens (tertiary/aromatic N) is 2. The summed E-state index contributed by atoms with van der Waals surface area (Å²) in [6, 6.07) is 1.40. The van der Waals surface area contributed by atoms with E-state index in [9.17, 15) is 9.28 Å². The van der Waals surface area contributed by atoms with Crippen molar-refractivity contribution in [3.05, 3.63) is 0 Å². The summed E-state index contributed by atoms with van der Waals surface area (Å²) in [5.41, 5.74) is -0.449. The van der Waals surface area contributed by atoms with Crippen molar-refractivity contribution < 1.29 is 14.0 Å². The molecule has 0 saturated heterocycles. The van der Waals surface area contributed by atoms with Crippen LogP contribution in [0.5, 0.6) is 0 Å². The molecule has 0 aromatic rings. The van der Waals surface area contributed by atoms with Crippen molar-refractivity contribution >= 4 is 11.7 Å². The molecule has 5 heteroatoms. The van der Waals surface area contributed by atoms with Gasteiger partial charge in [-0.15, -0.1) is 0 Å². The highest BCUT2D eigenvalue weighted by Crippen LogP contribution is 1.82. The Balaban J connectivity index is 3.70. The lowest BCUT2D eigenvalue weighted by atomic mass is 10.4. The molecule has 0 aliphatic carbocycles. The smallest absolute Gasteiger partial charge is 0.303 e. The number of hydrogen-bond acceptors (Lipinski definition) is 4. The SMILES string of the molecule is CC(=O)OC/C(C#N)=N\F. The highest BCUT2D eigenvalue weighted by molar-refractivity contribution is 5.99. The van der Waals surface area contributed by atoms with E-state index in [1.807, 2.05) is 0 Å². The standard InChI is InChI=1S/C5H5FN2O2/c1-4(9)10-3-5(2-7)8-6/h3H2,1H3/b8-5-.